The van der Waals surface area contributed by atoms with Crippen LogP contribution in [0.4, 0.5) is 5.69 Å². The van der Waals surface area contributed by atoms with E-state index in [1.807, 2.05) is 0 Å². The van der Waals surface area contributed by atoms with E-state index in [9.17, 15) is 23.6 Å². The Morgan fingerprint density at radius 1 is 1.41 bits per heavy atom. The number of rotatable bonds is 7. The Morgan fingerprint density at radius 2 is 2.00 bits per heavy atom. The third-order valence-corrected chi connectivity index (χ3v) is 6.20. The fraction of sp³-hybridized carbons (Fsp3) is 0.538. The molecule has 0 aliphatic carbocycles. The average Bonchev–Trinajstić information content (AvgIpc) is 2.41. The van der Waals surface area contributed by atoms with E-state index in [0.29, 0.717) is 11.1 Å². The van der Waals surface area contributed by atoms with Crippen LogP contribution >= 0.6 is 11.8 Å². The number of nitrogens with zero attached hydrogens (tertiary/aromatic N) is 1. The Labute approximate surface area is 134 Å². The van der Waals surface area contributed by atoms with Crippen molar-refractivity contribution in [2.45, 2.75) is 37.0 Å². The third kappa shape index (κ3) is 4.19. The number of aliphatic hydroxyl groups excluding tert-OH is 1. The summed E-state index contributed by atoms with van der Waals surface area (Å²) in [6.45, 7) is 4.68. The van der Waals surface area contributed by atoms with Crippen LogP contribution in [0.3, 0.4) is 0 Å². The van der Waals surface area contributed by atoms with E-state index >= 15 is 0 Å². The van der Waals surface area contributed by atoms with Gasteiger partial charge in [-0.15, -0.1) is 0 Å². The lowest BCUT2D eigenvalue weighted by atomic mass is 10.1. The minimum Gasteiger partial charge on any atom is -0.395 e. The zero-order chi connectivity index (χ0) is 17.1. The lowest BCUT2D eigenvalue weighted by Gasteiger charge is -2.21. The largest absolute Gasteiger partial charge is 0.395 e. The van der Waals surface area contributed by atoms with Crippen LogP contribution in [0.5, 0.6) is 0 Å². The topological polar surface area (TPSA) is 110 Å². The van der Waals surface area contributed by atoms with Gasteiger partial charge in [-0.05, 0) is 38.7 Å². The maximum atomic E-state index is 12.4. The van der Waals surface area contributed by atoms with Crippen molar-refractivity contribution in [3.8, 4) is 0 Å². The molecule has 124 valence electrons. The molecule has 2 atom stereocenters. The number of nitrogens with one attached hydrogen (secondary N) is 1. The van der Waals surface area contributed by atoms with Gasteiger partial charge in [-0.2, -0.15) is 11.8 Å². The molecule has 9 heteroatoms. The zero-order valence-electron chi connectivity index (χ0n) is 12.9. The van der Waals surface area contributed by atoms with Gasteiger partial charge in [-0.3, -0.25) is 10.1 Å². The summed E-state index contributed by atoms with van der Waals surface area (Å²) in [4.78, 5) is 10.3. The second-order valence-corrected chi connectivity index (χ2v) is 7.80. The van der Waals surface area contributed by atoms with Gasteiger partial charge in [0.25, 0.3) is 5.69 Å². The Balaban J connectivity index is 3.21. The van der Waals surface area contributed by atoms with Gasteiger partial charge in [0.2, 0.25) is 10.0 Å². The number of thioether (sulfide) groups is 1. The molecule has 0 radical (unpaired) electrons. The van der Waals surface area contributed by atoms with Gasteiger partial charge in [0.1, 0.15) is 0 Å². The summed E-state index contributed by atoms with van der Waals surface area (Å²) in [6, 6.07) is 1.96. The number of hydrogen-bond donors (Lipinski definition) is 2. The van der Waals surface area contributed by atoms with E-state index in [4.69, 9.17) is 0 Å². The van der Waals surface area contributed by atoms with Crippen LogP contribution in [0.1, 0.15) is 18.1 Å². The molecule has 0 spiro atoms. The van der Waals surface area contributed by atoms with Crippen LogP contribution < -0.4 is 4.72 Å². The van der Waals surface area contributed by atoms with Crippen LogP contribution in [0.2, 0.25) is 0 Å². The highest BCUT2D eigenvalue weighted by Gasteiger charge is 2.26. The first-order valence-electron chi connectivity index (χ1n) is 6.55. The highest BCUT2D eigenvalue weighted by molar-refractivity contribution is 7.99. The number of aryl methyl sites for hydroxylation is 1. The summed E-state index contributed by atoms with van der Waals surface area (Å²) in [5, 5.41) is 20.0. The Kier molecular flexibility index (Phi) is 6.36. The van der Waals surface area contributed by atoms with E-state index in [1.165, 1.54) is 17.8 Å². The number of nitro groups is 1. The zero-order valence-corrected chi connectivity index (χ0v) is 14.5. The number of aliphatic hydroxyl groups is 1. The van der Waals surface area contributed by atoms with E-state index < -0.39 is 21.0 Å². The fourth-order valence-electron chi connectivity index (χ4n) is 1.98. The maximum absolute atomic E-state index is 12.4. The third-order valence-electron chi connectivity index (χ3n) is 3.50. The van der Waals surface area contributed by atoms with Gasteiger partial charge in [0.15, 0.2) is 0 Å². The molecule has 0 saturated heterocycles. The van der Waals surface area contributed by atoms with Crippen LogP contribution in [-0.2, 0) is 10.0 Å². The predicted molar refractivity (Wildman–Crippen MR) is 86.7 cm³/mol. The Morgan fingerprint density at radius 3 is 2.45 bits per heavy atom. The van der Waals surface area contributed by atoms with Crippen molar-refractivity contribution in [3.05, 3.63) is 33.4 Å². The highest BCUT2D eigenvalue weighted by Crippen LogP contribution is 2.26. The van der Waals surface area contributed by atoms with Crippen molar-refractivity contribution in [2.24, 2.45) is 0 Å². The monoisotopic (exact) mass is 348 g/mol. The summed E-state index contributed by atoms with van der Waals surface area (Å²) < 4.78 is 27.2. The van der Waals surface area contributed by atoms with E-state index in [-0.39, 0.29) is 22.4 Å². The normalized spacial score (nSPS) is 14.6. The summed E-state index contributed by atoms with van der Waals surface area (Å²) in [6.07, 6.45) is 1.77. The number of sulfonamides is 1. The maximum Gasteiger partial charge on any atom is 0.273 e. The van der Waals surface area contributed by atoms with Crippen molar-refractivity contribution in [2.75, 3.05) is 12.9 Å². The summed E-state index contributed by atoms with van der Waals surface area (Å²) in [5.74, 6) is 0. The summed E-state index contributed by atoms with van der Waals surface area (Å²) in [5.41, 5.74) is 0.747. The lowest BCUT2D eigenvalue weighted by molar-refractivity contribution is -0.385. The highest BCUT2D eigenvalue weighted by atomic mass is 32.2. The molecule has 1 aromatic carbocycles. The molecular weight excluding hydrogens is 328 g/mol. The molecule has 7 nitrogen and oxygen atoms in total. The number of nitro benzene ring substituents is 1. The molecule has 0 aliphatic rings. The first-order chi connectivity index (χ1) is 10.1. The molecule has 0 bridgehead atoms. The standard InChI is InChI=1S/C13H20N2O5S2/c1-8-5-11(6-12(9(8)2)15(17)18)22(19,20)14-10(3)13(7-16)21-4/h5-6,10,13-14,16H,7H2,1-4H3. The molecule has 0 aliphatic heterocycles. The second kappa shape index (κ2) is 7.40. The molecule has 0 fully saturated rings. The van der Waals surface area contributed by atoms with Crippen molar-refractivity contribution < 1.29 is 18.4 Å². The van der Waals surface area contributed by atoms with E-state index in [2.05, 4.69) is 4.72 Å². The van der Waals surface area contributed by atoms with Gasteiger partial charge in [-0.25, -0.2) is 13.1 Å². The number of hydrogen-bond acceptors (Lipinski definition) is 6. The molecule has 22 heavy (non-hydrogen) atoms. The lowest BCUT2D eigenvalue weighted by Crippen LogP contribution is -2.41. The van der Waals surface area contributed by atoms with Crippen molar-refractivity contribution in [3.63, 3.8) is 0 Å². The van der Waals surface area contributed by atoms with Gasteiger partial charge >= 0.3 is 0 Å². The molecule has 2 unspecified atom stereocenters. The Hall–Kier alpha value is -1.16. The molecule has 1 rings (SSSR count). The molecular formula is C13H20N2O5S2. The molecule has 2 N–H and O–H groups in total. The van der Waals surface area contributed by atoms with Crippen molar-refractivity contribution in [1.82, 2.24) is 4.72 Å². The summed E-state index contributed by atoms with van der Waals surface area (Å²) >= 11 is 1.34. The van der Waals surface area contributed by atoms with Crippen LogP contribution in [0.25, 0.3) is 0 Å². The molecule has 0 aromatic heterocycles. The van der Waals surface area contributed by atoms with Gasteiger partial charge < -0.3 is 5.11 Å². The first-order valence-corrected chi connectivity index (χ1v) is 9.32. The predicted octanol–water partition coefficient (Wildman–Crippen LogP) is 1.60. The van der Waals surface area contributed by atoms with Gasteiger partial charge in [0.05, 0.1) is 16.4 Å². The molecule has 1 aromatic rings. The van der Waals surface area contributed by atoms with E-state index in [0.717, 1.165) is 6.07 Å². The van der Waals surface area contributed by atoms with Crippen LogP contribution in [0, 0.1) is 24.0 Å². The fourth-order valence-corrected chi connectivity index (χ4v) is 4.08. The average molecular weight is 348 g/mol. The Bertz CT molecular complexity index is 657. The first kappa shape index (κ1) is 18.9. The van der Waals surface area contributed by atoms with Gasteiger partial charge in [0, 0.05) is 22.9 Å². The molecule has 0 amide bonds. The quantitative estimate of drug-likeness (QED) is 0.572. The number of benzene rings is 1. The second-order valence-electron chi connectivity index (χ2n) is 5.01. The molecule has 0 saturated carbocycles. The van der Waals surface area contributed by atoms with Crippen molar-refractivity contribution >= 4 is 27.5 Å². The van der Waals surface area contributed by atoms with Gasteiger partial charge in [-0.1, -0.05) is 0 Å². The smallest absolute Gasteiger partial charge is 0.273 e. The van der Waals surface area contributed by atoms with Crippen LogP contribution in [-0.4, -0.2) is 42.6 Å². The minimum atomic E-state index is -3.90. The van der Waals surface area contributed by atoms with Crippen molar-refractivity contribution in [1.29, 1.82) is 0 Å². The van der Waals surface area contributed by atoms with Crippen LogP contribution in [0.15, 0.2) is 17.0 Å². The molecule has 0 heterocycles. The SMILES string of the molecule is CSC(CO)C(C)NS(=O)(=O)c1cc(C)c(C)c([N+](=O)[O-])c1. The summed E-state index contributed by atoms with van der Waals surface area (Å²) in [7, 11) is -3.90. The minimum absolute atomic E-state index is 0.146. The van der Waals surface area contributed by atoms with E-state index in [1.54, 1.807) is 27.0 Å².